The lowest BCUT2D eigenvalue weighted by Gasteiger charge is -2.12. The molecule has 0 aliphatic rings. The summed E-state index contributed by atoms with van der Waals surface area (Å²) < 4.78 is 35.2. The molecule has 0 bridgehead atoms. The maximum Gasteiger partial charge on any atom is 0.343 e. The summed E-state index contributed by atoms with van der Waals surface area (Å²) in [6, 6.07) is 10.1. The SMILES string of the molecule is CCOC(=O)c1cn(Cc2c(F)cccc2F)c2sc(-c3ccc(O)cc3)c(C)c2c1=O. The summed E-state index contributed by atoms with van der Waals surface area (Å²) in [6.45, 7) is 3.25. The Hall–Kier alpha value is -3.52. The Morgan fingerprint density at radius 3 is 2.41 bits per heavy atom. The van der Waals surface area contributed by atoms with Gasteiger partial charge in [0.15, 0.2) is 0 Å². The molecule has 0 spiro atoms. The Labute approximate surface area is 186 Å². The Bertz CT molecular complexity index is 1370. The fraction of sp³-hybridized carbons (Fsp3) is 0.167. The van der Waals surface area contributed by atoms with Crippen molar-refractivity contribution in [3.63, 3.8) is 0 Å². The minimum Gasteiger partial charge on any atom is -0.508 e. The summed E-state index contributed by atoms with van der Waals surface area (Å²) in [5.41, 5.74) is 0.526. The van der Waals surface area contributed by atoms with E-state index in [-0.39, 0.29) is 30.0 Å². The van der Waals surface area contributed by atoms with Crippen molar-refractivity contribution in [3.8, 4) is 16.2 Å². The minimum absolute atomic E-state index is 0.0830. The molecule has 5 nitrogen and oxygen atoms in total. The second-order valence-corrected chi connectivity index (χ2v) is 8.20. The summed E-state index contributed by atoms with van der Waals surface area (Å²) in [5, 5.41) is 9.88. The van der Waals surface area contributed by atoms with E-state index >= 15 is 0 Å². The van der Waals surface area contributed by atoms with Crippen molar-refractivity contribution in [2.75, 3.05) is 6.61 Å². The largest absolute Gasteiger partial charge is 0.508 e. The number of aromatic nitrogens is 1. The van der Waals surface area contributed by atoms with Gasteiger partial charge in [0.1, 0.15) is 27.8 Å². The van der Waals surface area contributed by atoms with Gasteiger partial charge in [-0.25, -0.2) is 13.6 Å². The lowest BCUT2D eigenvalue weighted by molar-refractivity contribution is 0.0524. The number of esters is 1. The monoisotopic (exact) mass is 455 g/mol. The number of phenols is 1. The third-order valence-corrected chi connectivity index (χ3v) is 6.54. The van der Waals surface area contributed by atoms with Gasteiger partial charge in [0.2, 0.25) is 5.43 Å². The predicted molar refractivity (Wildman–Crippen MR) is 119 cm³/mol. The fourth-order valence-electron chi connectivity index (χ4n) is 3.59. The lowest BCUT2D eigenvalue weighted by Crippen LogP contribution is -2.21. The zero-order valence-corrected chi connectivity index (χ0v) is 18.1. The highest BCUT2D eigenvalue weighted by molar-refractivity contribution is 7.22. The van der Waals surface area contributed by atoms with E-state index in [9.17, 15) is 23.5 Å². The van der Waals surface area contributed by atoms with E-state index < -0.39 is 23.0 Å². The molecule has 0 aliphatic carbocycles. The predicted octanol–water partition coefficient (Wildman–Crippen LogP) is 5.25. The average molecular weight is 455 g/mol. The van der Waals surface area contributed by atoms with E-state index in [1.165, 1.54) is 40.3 Å². The van der Waals surface area contributed by atoms with Crippen LogP contribution in [0.2, 0.25) is 0 Å². The van der Waals surface area contributed by atoms with Crippen molar-refractivity contribution >= 4 is 27.5 Å². The van der Waals surface area contributed by atoms with Crippen LogP contribution in [0.3, 0.4) is 0 Å². The molecule has 0 fully saturated rings. The number of halogens is 2. The molecular weight excluding hydrogens is 436 g/mol. The number of hydrogen-bond acceptors (Lipinski definition) is 5. The van der Waals surface area contributed by atoms with Crippen molar-refractivity contribution in [1.82, 2.24) is 4.57 Å². The standard InChI is InChI=1S/C24H19F2NO4S/c1-3-31-24(30)17-12-27(11-16-18(25)5-4-6-19(16)26)23-20(21(17)29)13(2)22(32-23)14-7-9-15(28)10-8-14/h4-10,12,28H,3,11H2,1-2H3. The molecular formula is C24H19F2NO4S. The van der Waals surface area contributed by atoms with Gasteiger partial charge in [-0.1, -0.05) is 6.07 Å². The van der Waals surface area contributed by atoms with Gasteiger partial charge in [0.05, 0.1) is 18.5 Å². The smallest absolute Gasteiger partial charge is 0.343 e. The molecule has 2 aromatic heterocycles. The zero-order valence-electron chi connectivity index (χ0n) is 17.3. The van der Waals surface area contributed by atoms with Gasteiger partial charge in [0, 0.05) is 16.6 Å². The third-order valence-electron chi connectivity index (χ3n) is 5.16. The van der Waals surface area contributed by atoms with Crippen LogP contribution in [0.1, 0.15) is 28.4 Å². The first-order chi connectivity index (χ1) is 15.3. The maximum absolute atomic E-state index is 14.4. The molecule has 2 aromatic carbocycles. The van der Waals surface area contributed by atoms with Gasteiger partial charge in [-0.2, -0.15) is 0 Å². The van der Waals surface area contributed by atoms with Gasteiger partial charge in [-0.15, -0.1) is 11.3 Å². The van der Waals surface area contributed by atoms with Crippen molar-refractivity contribution < 1.29 is 23.4 Å². The van der Waals surface area contributed by atoms with Crippen LogP contribution in [0.25, 0.3) is 20.7 Å². The highest BCUT2D eigenvalue weighted by Gasteiger charge is 2.23. The summed E-state index contributed by atoms with van der Waals surface area (Å²) in [5.74, 6) is -2.13. The topological polar surface area (TPSA) is 68.5 Å². The van der Waals surface area contributed by atoms with Gasteiger partial charge < -0.3 is 14.4 Å². The molecule has 0 saturated carbocycles. The number of nitrogens with zero attached hydrogens (tertiary/aromatic N) is 1. The molecule has 0 aliphatic heterocycles. The second-order valence-electron chi connectivity index (χ2n) is 7.20. The first kappa shape index (κ1) is 21.7. The van der Waals surface area contributed by atoms with Crippen molar-refractivity contribution in [3.05, 3.63) is 87.2 Å². The number of pyridine rings is 1. The van der Waals surface area contributed by atoms with Crippen molar-refractivity contribution in [2.24, 2.45) is 0 Å². The second kappa shape index (κ2) is 8.55. The number of carbonyl (C=O) groups is 1. The number of aryl methyl sites for hydroxylation is 1. The van der Waals surface area contributed by atoms with Crippen molar-refractivity contribution in [2.45, 2.75) is 20.4 Å². The fourth-order valence-corrected chi connectivity index (χ4v) is 4.87. The van der Waals surface area contributed by atoms with Crippen LogP contribution in [-0.2, 0) is 11.3 Å². The van der Waals surface area contributed by atoms with Crippen LogP contribution in [0.15, 0.2) is 53.5 Å². The number of benzene rings is 2. The molecule has 2 heterocycles. The molecule has 0 amide bonds. The summed E-state index contributed by atoms with van der Waals surface area (Å²) in [6.07, 6.45) is 1.30. The molecule has 0 unspecified atom stereocenters. The first-order valence-corrected chi connectivity index (χ1v) is 10.7. The number of rotatable bonds is 5. The van der Waals surface area contributed by atoms with Gasteiger partial charge in [-0.05, 0) is 61.4 Å². The summed E-state index contributed by atoms with van der Waals surface area (Å²) in [7, 11) is 0. The number of fused-ring (bicyclic) bond motifs is 1. The average Bonchev–Trinajstić information content (AvgIpc) is 3.11. The number of phenolic OH excluding ortho intramolecular Hbond substituents is 1. The molecule has 164 valence electrons. The van der Waals surface area contributed by atoms with E-state index in [0.717, 1.165) is 22.6 Å². The molecule has 1 N–H and O–H groups in total. The molecule has 4 aromatic rings. The molecule has 8 heteroatoms. The van der Waals surface area contributed by atoms with Crippen LogP contribution in [0.5, 0.6) is 5.75 Å². The minimum atomic E-state index is -0.793. The van der Waals surface area contributed by atoms with Crippen LogP contribution in [0.4, 0.5) is 8.78 Å². The lowest BCUT2D eigenvalue weighted by atomic mass is 10.1. The molecule has 0 radical (unpaired) electrons. The molecule has 0 atom stereocenters. The van der Waals surface area contributed by atoms with Crippen LogP contribution in [0, 0.1) is 18.6 Å². The Morgan fingerprint density at radius 2 is 1.78 bits per heavy atom. The van der Waals surface area contributed by atoms with E-state index in [1.54, 1.807) is 26.0 Å². The van der Waals surface area contributed by atoms with E-state index in [2.05, 4.69) is 0 Å². The zero-order chi connectivity index (χ0) is 23.0. The summed E-state index contributed by atoms with van der Waals surface area (Å²) >= 11 is 1.27. The number of hydrogen-bond donors (Lipinski definition) is 1. The van der Waals surface area contributed by atoms with E-state index in [4.69, 9.17) is 4.74 Å². The van der Waals surface area contributed by atoms with Crippen LogP contribution in [-0.4, -0.2) is 22.2 Å². The van der Waals surface area contributed by atoms with Gasteiger partial charge in [0.25, 0.3) is 0 Å². The molecule has 32 heavy (non-hydrogen) atoms. The van der Waals surface area contributed by atoms with Crippen LogP contribution >= 0.6 is 11.3 Å². The Balaban J connectivity index is 1.99. The van der Waals surface area contributed by atoms with Crippen molar-refractivity contribution in [1.29, 1.82) is 0 Å². The highest BCUT2D eigenvalue weighted by atomic mass is 32.1. The number of carbonyl (C=O) groups excluding carboxylic acids is 1. The Kier molecular flexibility index (Phi) is 5.80. The Morgan fingerprint density at radius 1 is 1.12 bits per heavy atom. The first-order valence-electron chi connectivity index (χ1n) is 9.87. The molecule has 4 rings (SSSR count). The van der Waals surface area contributed by atoms with E-state index in [0.29, 0.717) is 15.8 Å². The highest BCUT2D eigenvalue weighted by Crippen LogP contribution is 2.38. The molecule has 0 saturated heterocycles. The quantitative estimate of drug-likeness (QED) is 0.418. The van der Waals surface area contributed by atoms with E-state index in [1.807, 2.05) is 0 Å². The summed E-state index contributed by atoms with van der Waals surface area (Å²) in [4.78, 5) is 26.9. The van der Waals surface area contributed by atoms with Gasteiger partial charge in [-0.3, -0.25) is 4.79 Å². The normalized spacial score (nSPS) is 11.1. The van der Waals surface area contributed by atoms with Gasteiger partial charge >= 0.3 is 5.97 Å². The number of aromatic hydroxyl groups is 1. The van der Waals surface area contributed by atoms with Crippen LogP contribution < -0.4 is 5.43 Å². The number of ether oxygens (including phenoxy) is 1. The third kappa shape index (κ3) is 3.78. The number of thiophene rings is 1. The maximum atomic E-state index is 14.4.